The van der Waals surface area contributed by atoms with E-state index in [-0.39, 0.29) is 6.42 Å². The minimum atomic E-state index is -0.864. The van der Waals surface area contributed by atoms with Crippen LogP contribution in [0.4, 0.5) is 0 Å². The molecule has 18 heavy (non-hydrogen) atoms. The van der Waals surface area contributed by atoms with Crippen molar-refractivity contribution in [2.75, 3.05) is 0 Å². The van der Waals surface area contributed by atoms with Crippen molar-refractivity contribution in [3.63, 3.8) is 0 Å². The molecule has 0 atom stereocenters. The number of pyridine rings is 1. The number of hydrogen-bond donors (Lipinski definition) is 1. The zero-order chi connectivity index (χ0) is 13.0. The molecule has 0 saturated carbocycles. The van der Waals surface area contributed by atoms with Crippen molar-refractivity contribution >= 4 is 17.6 Å². The van der Waals surface area contributed by atoms with Crippen LogP contribution in [0.1, 0.15) is 5.56 Å². The highest BCUT2D eigenvalue weighted by Crippen LogP contribution is 2.26. The molecular weight excluding hydrogens is 254 g/mol. The molecule has 2 rings (SSSR count). The smallest absolute Gasteiger partial charge is 0.307 e. The number of halogens is 1. The van der Waals surface area contributed by atoms with Crippen molar-refractivity contribution in [1.29, 1.82) is 0 Å². The van der Waals surface area contributed by atoms with Gasteiger partial charge in [-0.25, -0.2) is 4.98 Å². The summed E-state index contributed by atoms with van der Waals surface area (Å²) in [6.07, 6.45) is 1.57. The first-order valence-corrected chi connectivity index (χ1v) is 5.62. The summed E-state index contributed by atoms with van der Waals surface area (Å²) < 4.78 is 5.48. The number of ether oxygens (including phenoxy) is 1. The standard InChI is InChI=1S/C13H10ClNO3/c14-11-2-1-7-15-13(11)18-10-5-3-9(4-6-10)8-12(16)17/h1-7H,8H2,(H,16,17). The number of nitrogens with zero attached hydrogens (tertiary/aromatic N) is 1. The fraction of sp³-hybridized carbons (Fsp3) is 0.0769. The zero-order valence-electron chi connectivity index (χ0n) is 9.34. The topological polar surface area (TPSA) is 59.4 Å². The third kappa shape index (κ3) is 3.21. The Hall–Kier alpha value is -2.07. The Balaban J connectivity index is 2.11. The Kier molecular flexibility index (Phi) is 3.79. The average Bonchev–Trinajstić information content (AvgIpc) is 2.34. The molecule has 0 radical (unpaired) electrons. The molecule has 4 nitrogen and oxygen atoms in total. The predicted molar refractivity (Wildman–Crippen MR) is 67.1 cm³/mol. The summed E-state index contributed by atoms with van der Waals surface area (Å²) in [6, 6.07) is 10.2. The minimum Gasteiger partial charge on any atom is -0.481 e. The highest BCUT2D eigenvalue weighted by molar-refractivity contribution is 6.31. The molecular formula is C13H10ClNO3. The molecule has 1 aromatic carbocycles. The molecule has 0 aliphatic heterocycles. The first kappa shape index (κ1) is 12.4. The zero-order valence-corrected chi connectivity index (χ0v) is 10.1. The number of rotatable bonds is 4. The van der Waals surface area contributed by atoms with Crippen LogP contribution in [-0.4, -0.2) is 16.1 Å². The fourth-order valence-corrected chi connectivity index (χ4v) is 1.57. The van der Waals surface area contributed by atoms with E-state index in [1.807, 2.05) is 0 Å². The molecule has 0 aliphatic carbocycles. The maximum atomic E-state index is 10.5. The van der Waals surface area contributed by atoms with Crippen LogP contribution in [0.2, 0.25) is 5.02 Å². The summed E-state index contributed by atoms with van der Waals surface area (Å²) in [6.45, 7) is 0. The lowest BCUT2D eigenvalue weighted by Gasteiger charge is -2.06. The summed E-state index contributed by atoms with van der Waals surface area (Å²) in [5, 5.41) is 9.07. The molecule has 0 fully saturated rings. The first-order valence-electron chi connectivity index (χ1n) is 5.24. The second kappa shape index (κ2) is 5.51. The monoisotopic (exact) mass is 263 g/mol. The van der Waals surface area contributed by atoms with Gasteiger partial charge in [0.1, 0.15) is 10.8 Å². The lowest BCUT2D eigenvalue weighted by atomic mass is 10.1. The van der Waals surface area contributed by atoms with Gasteiger partial charge in [0.15, 0.2) is 0 Å². The van der Waals surface area contributed by atoms with Crippen LogP contribution in [0.15, 0.2) is 42.6 Å². The number of carboxylic acid groups (broad SMARTS) is 1. The second-order valence-corrected chi connectivity index (χ2v) is 4.01. The van der Waals surface area contributed by atoms with Crippen molar-refractivity contribution in [3.05, 3.63) is 53.2 Å². The predicted octanol–water partition coefficient (Wildman–Crippen LogP) is 3.15. The first-order chi connectivity index (χ1) is 8.65. The highest BCUT2D eigenvalue weighted by Gasteiger charge is 2.04. The minimum absolute atomic E-state index is 0.00930. The maximum absolute atomic E-state index is 10.5. The van der Waals surface area contributed by atoms with Gasteiger partial charge in [-0.3, -0.25) is 4.79 Å². The lowest BCUT2D eigenvalue weighted by Crippen LogP contribution is -1.99. The number of benzene rings is 1. The Morgan fingerprint density at radius 1 is 1.28 bits per heavy atom. The lowest BCUT2D eigenvalue weighted by molar-refractivity contribution is -0.136. The van der Waals surface area contributed by atoms with Gasteiger partial charge in [-0.2, -0.15) is 0 Å². The van der Waals surface area contributed by atoms with Crippen LogP contribution in [0.3, 0.4) is 0 Å². The SMILES string of the molecule is O=C(O)Cc1ccc(Oc2ncccc2Cl)cc1. The summed E-state index contributed by atoms with van der Waals surface area (Å²) in [5.41, 5.74) is 0.710. The molecule has 0 amide bonds. The molecule has 0 spiro atoms. The van der Waals surface area contributed by atoms with Gasteiger partial charge in [0, 0.05) is 6.20 Å². The van der Waals surface area contributed by atoms with Crippen LogP contribution < -0.4 is 4.74 Å². The summed E-state index contributed by atoms with van der Waals surface area (Å²) >= 11 is 5.91. The molecule has 0 saturated heterocycles. The van der Waals surface area contributed by atoms with Crippen molar-refractivity contribution in [2.24, 2.45) is 0 Å². The van der Waals surface area contributed by atoms with Gasteiger partial charge >= 0.3 is 5.97 Å². The Morgan fingerprint density at radius 2 is 2.00 bits per heavy atom. The highest BCUT2D eigenvalue weighted by atomic mass is 35.5. The molecule has 0 unspecified atom stereocenters. The van der Waals surface area contributed by atoms with Crippen LogP contribution in [0.5, 0.6) is 11.6 Å². The van der Waals surface area contributed by atoms with E-state index in [2.05, 4.69) is 4.98 Å². The van der Waals surface area contributed by atoms with Gasteiger partial charge in [-0.05, 0) is 29.8 Å². The van der Waals surface area contributed by atoms with Gasteiger partial charge in [-0.15, -0.1) is 0 Å². The van der Waals surface area contributed by atoms with E-state index < -0.39 is 5.97 Å². The number of hydrogen-bond acceptors (Lipinski definition) is 3. The molecule has 0 bridgehead atoms. The molecule has 2 aromatic rings. The van der Waals surface area contributed by atoms with Crippen molar-refractivity contribution in [2.45, 2.75) is 6.42 Å². The van der Waals surface area contributed by atoms with Crippen molar-refractivity contribution in [3.8, 4) is 11.6 Å². The fourth-order valence-electron chi connectivity index (χ4n) is 1.41. The van der Waals surface area contributed by atoms with E-state index in [0.29, 0.717) is 22.2 Å². The molecule has 1 heterocycles. The second-order valence-electron chi connectivity index (χ2n) is 3.61. The van der Waals surface area contributed by atoms with Crippen molar-refractivity contribution < 1.29 is 14.6 Å². The third-order valence-corrected chi connectivity index (χ3v) is 2.51. The summed E-state index contributed by atoms with van der Waals surface area (Å²) in [4.78, 5) is 14.5. The molecule has 1 N–H and O–H groups in total. The third-order valence-electron chi connectivity index (χ3n) is 2.22. The van der Waals surface area contributed by atoms with E-state index in [1.54, 1.807) is 42.6 Å². The summed E-state index contributed by atoms with van der Waals surface area (Å²) in [7, 11) is 0. The van der Waals surface area contributed by atoms with E-state index in [0.717, 1.165) is 0 Å². The van der Waals surface area contributed by atoms with E-state index in [4.69, 9.17) is 21.4 Å². The van der Waals surface area contributed by atoms with Crippen molar-refractivity contribution in [1.82, 2.24) is 4.98 Å². The normalized spacial score (nSPS) is 10.1. The molecule has 5 heteroatoms. The van der Waals surface area contributed by atoms with Gasteiger partial charge in [-0.1, -0.05) is 23.7 Å². The Morgan fingerprint density at radius 3 is 2.61 bits per heavy atom. The Bertz CT molecular complexity index is 554. The molecule has 92 valence electrons. The van der Waals surface area contributed by atoms with E-state index in [9.17, 15) is 4.79 Å². The Labute approximate surface area is 109 Å². The van der Waals surface area contributed by atoms with E-state index in [1.165, 1.54) is 0 Å². The molecule has 1 aromatic heterocycles. The van der Waals surface area contributed by atoms with Crippen LogP contribution >= 0.6 is 11.6 Å². The average molecular weight is 264 g/mol. The van der Waals surface area contributed by atoms with Gasteiger partial charge in [0.25, 0.3) is 0 Å². The van der Waals surface area contributed by atoms with Crippen LogP contribution in [0, 0.1) is 0 Å². The number of carboxylic acids is 1. The summed E-state index contributed by atoms with van der Waals surface area (Å²) in [5.74, 6) is 0.0197. The van der Waals surface area contributed by atoms with Gasteiger partial charge in [0.05, 0.1) is 6.42 Å². The number of carbonyl (C=O) groups is 1. The quantitative estimate of drug-likeness (QED) is 0.920. The van der Waals surface area contributed by atoms with E-state index >= 15 is 0 Å². The number of aromatic nitrogens is 1. The largest absolute Gasteiger partial charge is 0.481 e. The van der Waals surface area contributed by atoms with Crippen LogP contribution in [0.25, 0.3) is 0 Å². The maximum Gasteiger partial charge on any atom is 0.307 e. The van der Waals surface area contributed by atoms with Gasteiger partial charge in [0.2, 0.25) is 5.88 Å². The van der Waals surface area contributed by atoms with Gasteiger partial charge < -0.3 is 9.84 Å². The number of aliphatic carboxylic acids is 1. The molecule has 0 aliphatic rings. The van der Waals surface area contributed by atoms with Crippen LogP contribution in [-0.2, 0) is 11.2 Å².